The van der Waals surface area contributed by atoms with Gasteiger partial charge >= 0.3 is 6.03 Å². The molecule has 3 N–H and O–H groups in total. The predicted molar refractivity (Wildman–Crippen MR) is 70.3 cm³/mol. The van der Waals surface area contributed by atoms with Gasteiger partial charge in [-0.25, -0.2) is 4.79 Å². The topological polar surface area (TPSA) is 100 Å². The summed E-state index contributed by atoms with van der Waals surface area (Å²) in [6, 6.07) is 2.73. The van der Waals surface area contributed by atoms with Crippen LogP contribution in [0, 0.1) is 5.92 Å². The summed E-state index contributed by atoms with van der Waals surface area (Å²) in [6.45, 7) is 2.09. The zero-order chi connectivity index (χ0) is 14.5. The Morgan fingerprint density at radius 1 is 1.35 bits per heavy atom. The normalized spacial score (nSPS) is 21.9. The molecule has 20 heavy (non-hydrogen) atoms. The number of amides is 4. The second-order valence-electron chi connectivity index (χ2n) is 4.69. The molecule has 2 atom stereocenters. The number of rotatable bonds is 4. The third kappa shape index (κ3) is 3.53. The van der Waals surface area contributed by atoms with Crippen molar-refractivity contribution in [2.45, 2.75) is 25.9 Å². The molecule has 106 valence electrons. The van der Waals surface area contributed by atoms with Gasteiger partial charge in [-0.05, 0) is 24.6 Å². The lowest BCUT2D eigenvalue weighted by atomic mass is 9.94. The van der Waals surface area contributed by atoms with E-state index in [0.29, 0.717) is 6.54 Å². The van der Waals surface area contributed by atoms with Gasteiger partial charge in [-0.3, -0.25) is 19.9 Å². The van der Waals surface area contributed by atoms with Crippen molar-refractivity contribution in [3.63, 3.8) is 0 Å². The molecule has 1 saturated heterocycles. The number of pyridine rings is 1. The number of nitrogens with zero attached hydrogens (tertiary/aromatic N) is 1. The Morgan fingerprint density at radius 2 is 2.05 bits per heavy atom. The van der Waals surface area contributed by atoms with E-state index in [4.69, 9.17) is 0 Å². The summed E-state index contributed by atoms with van der Waals surface area (Å²) in [4.78, 5) is 38.5. The van der Waals surface area contributed by atoms with E-state index < -0.39 is 17.9 Å². The molecule has 0 saturated carbocycles. The molecule has 0 aliphatic carbocycles. The fraction of sp³-hybridized carbons (Fsp3) is 0.385. The van der Waals surface area contributed by atoms with Gasteiger partial charge in [0.05, 0.1) is 5.92 Å². The summed E-state index contributed by atoms with van der Waals surface area (Å²) >= 11 is 0. The van der Waals surface area contributed by atoms with Crippen LogP contribution in [0.3, 0.4) is 0 Å². The third-order valence-electron chi connectivity index (χ3n) is 3.18. The van der Waals surface area contributed by atoms with Gasteiger partial charge in [0, 0.05) is 31.4 Å². The summed E-state index contributed by atoms with van der Waals surface area (Å²) in [5.41, 5.74) is 0.933. The van der Waals surface area contributed by atoms with E-state index in [1.165, 1.54) is 0 Å². The standard InChI is InChI=1S/C13H16N4O3/c1-8-10(12(19)17-13(20)16-8)6-11(18)15-7-9-2-4-14-5-3-9/h2-5,8,10H,6-7H2,1H3,(H,15,18)(H2,16,17,19,20). The Morgan fingerprint density at radius 3 is 2.70 bits per heavy atom. The smallest absolute Gasteiger partial charge is 0.321 e. The Balaban J connectivity index is 1.85. The van der Waals surface area contributed by atoms with Crippen LogP contribution in [0.4, 0.5) is 4.79 Å². The Labute approximate surface area is 116 Å². The molecule has 0 bridgehead atoms. The molecule has 0 spiro atoms. The molecule has 1 aromatic rings. The highest BCUT2D eigenvalue weighted by atomic mass is 16.2. The maximum Gasteiger partial charge on any atom is 0.321 e. The third-order valence-corrected chi connectivity index (χ3v) is 3.18. The molecule has 7 nitrogen and oxygen atoms in total. The minimum atomic E-state index is -0.551. The first-order chi connectivity index (χ1) is 9.56. The molecule has 2 unspecified atom stereocenters. The van der Waals surface area contributed by atoms with E-state index in [1.54, 1.807) is 31.5 Å². The lowest BCUT2D eigenvalue weighted by Gasteiger charge is -2.28. The van der Waals surface area contributed by atoms with Crippen molar-refractivity contribution in [1.29, 1.82) is 0 Å². The number of carbonyl (C=O) groups excluding carboxylic acids is 3. The zero-order valence-electron chi connectivity index (χ0n) is 11.1. The van der Waals surface area contributed by atoms with Crippen LogP contribution in [-0.2, 0) is 16.1 Å². The van der Waals surface area contributed by atoms with Gasteiger partial charge in [0.1, 0.15) is 0 Å². The molecular formula is C13H16N4O3. The zero-order valence-corrected chi connectivity index (χ0v) is 11.1. The molecule has 1 aliphatic heterocycles. The van der Waals surface area contributed by atoms with E-state index in [-0.39, 0.29) is 18.4 Å². The number of aromatic nitrogens is 1. The van der Waals surface area contributed by atoms with E-state index in [0.717, 1.165) is 5.56 Å². The summed E-state index contributed by atoms with van der Waals surface area (Å²) in [5.74, 6) is -1.20. The minimum absolute atomic E-state index is 0.0400. The van der Waals surface area contributed by atoms with Crippen LogP contribution in [0.15, 0.2) is 24.5 Å². The highest BCUT2D eigenvalue weighted by Crippen LogP contribution is 2.12. The fourth-order valence-corrected chi connectivity index (χ4v) is 2.02. The minimum Gasteiger partial charge on any atom is -0.352 e. The maximum absolute atomic E-state index is 11.8. The van der Waals surface area contributed by atoms with Crippen molar-refractivity contribution in [2.24, 2.45) is 5.92 Å². The Bertz CT molecular complexity index is 518. The van der Waals surface area contributed by atoms with Crippen LogP contribution in [0.25, 0.3) is 0 Å². The quantitative estimate of drug-likeness (QED) is 0.716. The molecule has 1 fully saturated rings. The van der Waals surface area contributed by atoms with Crippen LogP contribution in [0.5, 0.6) is 0 Å². The average Bonchev–Trinajstić information content (AvgIpc) is 2.42. The largest absolute Gasteiger partial charge is 0.352 e. The van der Waals surface area contributed by atoms with Gasteiger partial charge in [0.2, 0.25) is 11.8 Å². The van der Waals surface area contributed by atoms with Gasteiger partial charge < -0.3 is 10.6 Å². The highest BCUT2D eigenvalue weighted by molar-refractivity contribution is 6.00. The van der Waals surface area contributed by atoms with Gasteiger partial charge in [0.25, 0.3) is 0 Å². The summed E-state index contributed by atoms with van der Waals surface area (Å²) in [6.07, 6.45) is 3.33. The fourth-order valence-electron chi connectivity index (χ4n) is 2.02. The number of hydrogen-bond donors (Lipinski definition) is 3. The number of carbonyl (C=O) groups is 3. The highest BCUT2D eigenvalue weighted by Gasteiger charge is 2.33. The van der Waals surface area contributed by atoms with Gasteiger partial charge in [-0.2, -0.15) is 0 Å². The molecule has 1 aromatic heterocycles. The van der Waals surface area contributed by atoms with Crippen LogP contribution in [0.1, 0.15) is 18.9 Å². The van der Waals surface area contributed by atoms with Crippen LogP contribution in [-0.4, -0.2) is 28.9 Å². The summed E-state index contributed by atoms with van der Waals surface area (Å²) in [7, 11) is 0. The van der Waals surface area contributed by atoms with Crippen molar-refractivity contribution in [2.75, 3.05) is 0 Å². The van der Waals surface area contributed by atoms with Gasteiger partial charge in [-0.15, -0.1) is 0 Å². The van der Waals surface area contributed by atoms with Crippen LogP contribution >= 0.6 is 0 Å². The predicted octanol–water partition coefficient (Wildman–Crippen LogP) is -0.0680. The molecule has 7 heteroatoms. The second-order valence-corrected chi connectivity index (χ2v) is 4.69. The van der Waals surface area contributed by atoms with Crippen molar-refractivity contribution < 1.29 is 14.4 Å². The number of urea groups is 1. The second kappa shape index (κ2) is 6.14. The summed E-state index contributed by atoms with van der Waals surface area (Å²) < 4.78 is 0. The first-order valence-electron chi connectivity index (χ1n) is 6.33. The first-order valence-corrected chi connectivity index (χ1v) is 6.33. The number of imide groups is 1. The number of hydrogen-bond acceptors (Lipinski definition) is 4. The van der Waals surface area contributed by atoms with E-state index in [1.807, 2.05) is 0 Å². The molecule has 1 aliphatic rings. The lowest BCUT2D eigenvalue weighted by molar-refractivity contribution is -0.131. The van der Waals surface area contributed by atoms with E-state index >= 15 is 0 Å². The molecule has 2 heterocycles. The van der Waals surface area contributed by atoms with Gasteiger partial charge in [-0.1, -0.05) is 0 Å². The van der Waals surface area contributed by atoms with E-state index in [2.05, 4.69) is 20.9 Å². The van der Waals surface area contributed by atoms with Gasteiger partial charge in [0.15, 0.2) is 0 Å². The van der Waals surface area contributed by atoms with Crippen molar-refractivity contribution in [1.82, 2.24) is 20.9 Å². The first kappa shape index (κ1) is 14.0. The van der Waals surface area contributed by atoms with Crippen LogP contribution in [0.2, 0.25) is 0 Å². The molecule has 2 rings (SSSR count). The van der Waals surface area contributed by atoms with Crippen molar-refractivity contribution >= 4 is 17.8 Å². The SMILES string of the molecule is CC1NC(=O)NC(=O)C1CC(=O)NCc1ccncc1. The Kier molecular flexibility index (Phi) is 4.29. The summed E-state index contributed by atoms with van der Waals surface area (Å²) in [5, 5.41) is 7.48. The molecule has 0 aromatic carbocycles. The molecule has 0 radical (unpaired) electrons. The average molecular weight is 276 g/mol. The maximum atomic E-state index is 11.8. The monoisotopic (exact) mass is 276 g/mol. The molecular weight excluding hydrogens is 260 g/mol. The molecule has 4 amide bonds. The Hall–Kier alpha value is -2.44. The van der Waals surface area contributed by atoms with Crippen molar-refractivity contribution in [3.05, 3.63) is 30.1 Å². The van der Waals surface area contributed by atoms with Crippen LogP contribution < -0.4 is 16.0 Å². The number of nitrogens with one attached hydrogen (secondary N) is 3. The van der Waals surface area contributed by atoms with Crippen molar-refractivity contribution in [3.8, 4) is 0 Å². The lowest BCUT2D eigenvalue weighted by Crippen LogP contribution is -2.57. The van der Waals surface area contributed by atoms with E-state index in [9.17, 15) is 14.4 Å².